The highest BCUT2D eigenvalue weighted by Crippen LogP contribution is 2.06. The number of nitrogens with zero attached hydrogens (tertiary/aromatic N) is 2. The maximum atomic E-state index is 12.8. The van der Waals surface area contributed by atoms with Crippen LogP contribution in [0.4, 0.5) is 5.69 Å². The number of hydrogen-bond donors (Lipinski definition) is 3. The van der Waals surface area contributed by atoms with Gasteiger partial charge in [0.15, 0.2) is 0 Å². The average Bonchev–Trinajstić information content (AvgIpc) is 3.32. The summed E-state index contributed by atoms with van der Waals surface area (Å²) in [7, 11) is 0. The first-order chi connectivity index (χ1) is 16.8. The van der Waals surface area contributed by atoms with Crippen LogP contribution in [-0.4, -0.2) is 72.0 Å². The standard InChI is InChI=1S/C24H35N5O6/c1-3-35-22(32)11-5-4-9-19(26-18(2)30)23(33)27-20-10-8-15-29(24(20)34)17-21(31)25-12-16-28-13-6-7-14-28/h5,8,10-11,15,19H,3-4,6-7,9,12-14,16-17H2,1-2H3,(H,25,31)(H,26,30)(H,27,33)/b11-5+/t19-/m0/s1. The first kappa shape index (κ1) is 27.8. The molecule has 2 rings (SSSR count). The third-order valence-electron chi connectivity index (χ3n) is 5.40. The van der Waals surface area contributed by atoms with Gasteiger partial charge in [-0.2, -0.15) is 0 Å². The van der Waals surface area contributed by atoms with Gasteiger partial charge >= 0.3 is 5.97 Å². The van der Waals surface area contributed by atoms with Crippen LogP contribution in [0, 0.1) is 0 Å². The quantitative estimate of drug-likeness (QED) is 0.269. The van der Waals surface area contributed by atoms with Gasteiger partial charge in [-0.1, -0.05) is 6.08 Å². The molecule has 11 nitrogen and oxygen atoms in total. The number of esters is 1. The van der Waals surface area contributed by atoms with E-state index in [4.69, 9.17) is 4.74 Å². The number of carbonyl (C=O) groups excluding carboxylic acids is 4. The van der Waals surface area contributed by atoms with Gasteiger partial charge in [0.2, 0.25) is 17.7 Å². The van der Waals surface area contributed by atoms with E-state index in [-0.39, 0.29) is 31.2 Å². The summed E-state index contributed by atoms with van der Waals surface area (Å²) in [5, 5.41) is 7.90. The largest absolute Gasteiger partial charge is 0.463 e. The van der Waals surface area contributed by atoms with E-state index in [1.165, 1.54) is 42.7 Å². The first-order valence-corrected chi connectivity index (χ1v) is 11.9. The van der Waals surface area contributed by atoms with E-state index in [0.717, 1.165) is 19.6 Å². The van der Waals surface area contributed by atoms with Crippen molar-refractivity contribution in [3.05, 3.63) is 40.8 Å². The maximum absolute atomic E-state index is 12.8. The molecule has 11 heteroatoms. The molecule has 0 spiro atoms. The number of rotatable bonds is 13. The van der Waals surface area contributed by atoms with Crippen molar-refractivity contribution in [2.24, 2.45) is 0 Å². The lowest BCUT2D eigenvalue weighted by atomic mass is 10.1. The summed E-state index contributed by atoms with van der Waals surface area (Å²) in [6, 6.07) is 2.08. The molecule has 1 fully saturated rings. The fourth-order valence-electron chi connectivity index (χ4n) is 3.69. The molecule has 192 valence electrons. The molecule has 3 amide bonds. The van der Waals surface area contributed by atoms with Crippen LogP contribution in [0.1, 0.15) is 39.5 Å². The normalized spacial score (nSPS) is 14.5. The van der Waals surface area contributed by atoms with Crippen molar-refractivity contribution in [2.75, 3.05) is 38.1 Å². The van der Waals surface area contributed by atoms with E-state index in [0.29, 0.717) is 13.0 Å². The molecule has 0 bridgehead atoms. The molecule has 3 N–H and O–H groups in total. The van der Waals surface area contributed by atoms with Crippen LogP contribution in [0.2, 0.25) is 0 Å². The number of aromatic nitrogens is 1. The second-order valence-electron chi connectivity index (χ2n) is 8.23. The Bertz CT molecular complexity index is 967. The minimum absolute atomic E-state index is 0.000200. The van der Waals surface area contributed by atoms with E-state index in [9.17, 15) is 24.0 Å². The molecule has 0 aromatic carbocycles. The average molecular weight is 490 g/mol. The van der Waals surface area contributed by atoms with E-state index in [1.807, 2.05) is 0 Å². The smallest absolute Gasteiger partial charge is 0.330 e. The van der Waals surface area contributed by atoms with E-state index in [2.05, 4.69) is 20.9 Å². The molecule has 35 heavy (non-hydrogen) atoms. The Morgan fingerprint density at radius 3 is 2.63 bits per heavy atom. The zero-order valence-electron chi connectivity index (χ0n) is 20.4. The molecule has 1 atom stereocenters. The number of carbonyl (C=O) groups is 4. The molecule has 0 unspecified atom stereocenters. The summed E-state index contributed by atoms with van der Waals surface area (Å²) in [6.07, 6.45) is 7.18. The van der Waals surface area contributed by atoms with Crippen LogP contribution in [0.3, 0.4) is 0 Å². The number of amides is 3. The predicted octanol–water partition coefficient (Wildman–Crippen LogP) is 0.403. The molecular formula is C24H35N5O6. The Kier molecular flexibility index (Phi) is 11.7. The van der Waals surface area contributed by atoms with E-state index < -0.39 is 29.4 Å². The molecule has 1 aromatic rings. The Hall–Kier alpha value is -3.47. The molecular weight excluding hydrogens is 454 g/mol. The van der Waals surface area contributed by atoms with Gasteiger partial charge in [0, 0.05) is 32.3 Å². The van der Waals surface area contributed by atoms with Crippen LogP contribution >= 0.6 is 0 Å². The Morgan fingerprint density at radius 1 is 1.20 bits per heavy atom. The minimum Gasteiger partial charge on any atom is -0.463 e. The number of pyridine rings is 1. The summed E-state index contributed by atoms with van der Waals surface area (Å²) < 4.78 is 6.01. The highest BCUT2D eigenvalue weighted by Gasteiger charge is 2.20. The lowest BCUT2D eigenvalue weighted by Crippen LogP contribution is -2.44. The summed E-state index contributed by atoms with van der Waals surface area (Å²) in [6.45, 7) is 6.43. The lowest BCUT2D eigenvalue weighted by Gasteiger charge is -2.17. The number of allylic oxidation sites excluding steroid dienone is 1. The van der Waals surface area contributed by atoms with Crippen LogP contribution in [0.5, 0.6) is 0 Å². The van der Waals surface area contributed by atoms with Gasteiger partial charge in [-0.15, -0.1) is 0 Å². The van der Waals surface area contributed by atoms with Crippen LogP contribution in [0.15, 0.2) is 35.3 Å². The number of nitrogens with one attached hydrogen (secondary N) is 3. The Balaban J connectivity index is 1.93. The zero-order valence-corrected chi connectivity index (χ0v) is 20.4. The number of anilines is 1. The van der Waals surface area contributed by atoms with Crippen molar-refractivity contribution in [1.82, 2.24) is 20.1 Å². The minimum atomic E-state index is -0.915. The van der Waals surface area contributed by atoms with Crippen LogP contribution in [-0.2, 0) is 30.5 Å². The number of likely N-dealkylation sites (tertiary alicyclic amines) is 1. The van der Waals surface area contributed by atoms with Gasteiger partial charge in [-0.3, -0.25) is 19.2 Å². The van der Waals surface area contributed by atoms with Crippen molar-refractivity contribution in [1.29, 1.82) is 0 Å². The van der Waals surface area contributed by atoms with E-state index in [1.54, 1.807) is 19.1 Å². The molecule has 0 saturated carbocycles. The highest BCUT2D eigenvalue weighted by molar-refractivity contribution is 5.96. The van der Waals surface area contributed by atoms with Gasteiger partial charge in [0.25, 0.3) is 5.56 Å². The van der Waals surface area contributed by atoms with Gasteiger partial charge < -0.3 is 30.2 Å². The Labute approximate surface area is 204 Å². The molecule has 1 aliphatic heterocycles. The van der Waals surface area contributed by atoms with Crippen molar-refractivity contribution < 1.29 is 23.9 Å². The van der Waals surface area contributed by atoms with Crippen molar-refractivity contribution >= 4 is 29.4 Å². The first-order valence-electron chi connectivity index (χ1n) is 11.9. The third kappa shape index (κ3) is 10.1. The second kappa shape index (κ2) is 14.7. The predicted molar refractivity (Wildman–Crippen MR) is 131 cm³/mol. The summed E-state index contributed by atoms with van der Waals surface area (Å²) in [4.78, 5) is 63.0. The fourth-order valence-corrected chi connectivity index (χ4v) is 3.69. The monoisotopic (exact) mass is 489 g/mol. The molecule has 0 radical (unpaired) electrons. The zero-order chi connectivity index (χ0) is 25.6. The number of hydrogen-bond acceptors (Lipinski definition) is 7. The van der Waals surface area contributed by atoms with Crippen molar-refractivity contribution in [3.8, 4) is 0 Å². The molecule has 1 aliphatic rings. The molecule has 2 heterocycles. The third-order valence-corrected chi connectivity index (χ3v) is 5.40. The Morgan fingerprint density at radius 2 is 1.94 bits per heavy atom. The van der Waals surface area contributed by atoms with Crippen LogP contribution < -0.4 is 21.5 Å². The van der Waals surface area contributed by atoms with Gasteiger partial charge in [-0.05, 0) is 57.8 Å². The summed E-state index contributed by atoms with van der Waals surface area (Å²) in [5.41, 5.74) is -0.529. The summed E-state index contributed by atoms with van der Waals surface area (Å²) in [5.74, 6) is -1.76. The summed E-state index contributed by atoms with van der Waals surface area (Å²) >= 11 is 0. The topological polar surface area (TPSA) is 139 Å². The van der Waals surface area contributed by atoms with Gasteiger partial charge in [-0.25, -0.2) is 4.79 Å². The molecule has 1 aromatic heterocycles. The van der Waals surface area contributed by atoms with Gasteiger partial charge in [0.05, 0.1) is 6.61 Å². The van der Waals surface area contributed by atoms with E-state index >= 15 is 0 Å². The van der Waals surface area contributed by atoms with Crippen LogP contribution in [0.25, 0.3) is 0 Å². The second-order valence-corrected chi connectivity index (χ2v) is 8.23. The number of ether oxygens (including phenoxy) is 1. The maximum Gasteiger partial charge on any atom is 0.330 e. The van der Waals surface area contributed by atoms with Crippen molar-refractivity contribution in [3.63, 3.8) is 0 Å². The SMILES string of the molecule is CCOC(=O)/C=C/CC[C@H](NC(C)=O)C(=O)Nc1cccn(CC(=O)NCCN2CCCC2)c1=O. The van der Waals surface area contributed by atoms with Crippen molar-refractivity contribution in [2.45, 2.75) is 52.1 Å². The fraction of sp³-hybridized carbons (Fsp3) is 0.542. The molecule has 0 aliphatic carbocycles. The lowest BCUT2D eigenvalue weighted by molar-refractivity contribution is -0.137. The molecule has 1 saturated heterocycles. The van der Waals surface area contributed by atoms with Gasteiger partial charge in [0.1, 0.15) is 18.3 Å². The highest BCUT2D eigenvalue weighted by atomic mass is 16.5.